The second-order valence-corrected chi connectivity index (χ2v) is 5.59. The third-order valence-electron chi connectivity index (χ3n) is 3.53. The highest BCUT2D eigenvalue weighted by molar-refractivity contribution is 6.06. The minimum Gasteiger partial charge on any atom is -0.508 e. The summed E-state index contributed by atoms with van der Waals surface area (Å²) in [5.41, 5.74) is 4.58. The monoisotopic (exact) mass is 321 g/mol. The molecular formula is C19H19N3O2. The number of phenols is 1. The summed E-state index contributed by atoms with van der Waals surface area (Å²) in [6, 6.07) is 12.0. The molecule has 5 nitrogen and oxygen atoms in total. The summed E-state index contributed by atoms with van der Waals surface area (Å²) >= 11 is 0. The smallest absolute Gasteiger partial charge is 0.267 e. The number of amides is 1. The molecule has 0 aliphatic heterocycles. The van der Waals surface area contributed by atoms with Crippen LogP contribution in [0.1, 0.15) is 16.7 Å². The molecular weight excluding hydrogens is 302 g/mol. The Morgan fingerprint density at radius 2 is 1.71 bits per heavy atom. The molecule has 0 atom stereocenters. The van der Waals surface area contributed by atoms with E-state index in [1.807, 2.05) is 39.0 Å². The third-order valence-corrected chi connectivity index (χ3v) is 3.53. The summed E-state index contributed by atoms with van der Waals surface area (Å²) in [7, 11) is 0. The maximum absolute atomic E-state index is 12.2. The maximum atomic E-state index is 12.2. The Morgan fingerprint density at radius 3 is 2.25 bits per heavy atom. The fourth-order valence-corrected chi connectivity index (χ4v) is 2.44. The normalized spacial score (nSPS) is 10.8. The van der Waals surface area contributed by atoms with Crippen molar-refractivity contribution in [2.45, 2.75) is 20.8 Å². The molecule has 2 aromatic carbocycles. The van der Waals surface area contributed by atoms with E-state index in [0.717, 1.165) is 22.4 Å². The zero-order valence-electron chi connectivity index (χ0n) is 13.8. The molecule has 0 aliphatic carbocycles. The summed E-state index contributed by atoms with van der Waals surface area (Å²) < 4.78 is 0. The van der Waals surface area contributed by atoms with E-state index in [9.17, 15) is 15.2 Å². The van der Waals surface area contributed by atoms with Crippen molar-refractivity contribution < 1.29 is 9.90 Å². The van der Waals surface area contributed by atoms with Crippen molar-refractivity contribution in [2.24, 2.45) is 0 Å². The average Bonchev–Trinajstić information content (AvgIpc) is 2.52. The van der Waals surface area contributed by atoms with Gasteiger partial charge in [-0.05, 0) is 56.2 Å². The second kappa shape index (κ2) is 7.34. The molecule has 0 heterocycles. The van der Waals surface area contributed by atoms with Gasteiger partial charge in [0, 0.05) is 17.6 Å². The zero-order valence-corrected chi connectivity index (χ0v) is 13.8. The maximum Gasteiger partial charge on any atom is 0.267 e. The van der Waals surface area contributed by atoms with E-state index in [-0.39, 0.29) is 11.3 Å². The van der Waals surface area contributed by atoms with Crippen LogP contribution in [0.25, 0.3) is 0 Å². The number of phenolic OH excluding ortho intramolecular Hbond substituents is 1. The Kier molecular flexibility index (Phi) is 5.23. The molecule has 24 heavy (non-hydrogen) atoms. The number of carbonyl (C=O) groups is 1. The fraction of sp³-hybridized carbons (Fsp3) is 0.158. The number of hydrogen-bond acceptors (Lipinski definition) is 4. The van der Waals surface area contributed by atoms with Gasteiger partial charge in [0.15, 0.2) is 0 Å². The average molecular weight is 321 g/mol. The fourth-order valence-electron chi connectivity index (χ4n) is 2.44. The topological polar surface area (TPSA) is 85.2 Å². The first-order valence-corrected chi connectivity index (χ1v) is 7.45. The molecule has 122 valence electrons. The van der Waals surface area contributed by atoms with Gasteiger partial charge in [-0.1, -0.05) is 17.7 Å². The number of rotatable bonds is 4. The molecule has 0 saturated heterocycles. The second-order valence-electron chi connectivity index (χ2n) is 5.59. The van der Waals surface area contributed by atoms with E-state index in [2.05, 4.69) is 10.6 Å². The zero-order chi connectivity index (χ0) is 17.7. The van der Waals surface area contributed by atoms with Gasteiger partial charge in [-0.25, -0.2) is 0 Å². The standard InChI is InChI=1S/C19H19N3O2/c1-12-8-13(2)18(14(3)9-12)21-11-15(10-20)19(24)22-16-4-6-17(23)7-5-16/h4-9,11,21,23H,1-3H3,(H,22,24)/b15-11-. The molecule has 0 spiro atoms. The molecule has 3 N–H and O–H groups in total. The lowest BCUT2D eigenvalue weighted by molar-refractivity contribution is -0.112. The van der Waals surface area contributed by atoms with Gasteiger partial charge in [0.05, 0.1) is 0 Å². The molecule has 0 bridgehead atoms. The highest BCUT2D eigenvalue weighted by Crippen LogP contribution is 2.22. The van der Waals surface area contributed by atoms with Crippen LogP contribution in [0.3, 0.4) is 0 Å². The van der Waals surface area contributed by atoms with Crippen LogP contribution >= 0.6 is 0 Å². The van der Waals surface area contributed by atoms with Crippen molar-refractivity contribution in [3.8, 4) is 11.8 Å². The van der Waals surface area contributed by atoms with Crippen molar-refractivity contribution in [3.63, 3.8) is 0 Å². The number of hydrogen-bond donors (Lipinski definition) is 3. The van der Waals surface area contributed by atoms with Crippen LogP contribution in [0.15, 0.2) is 48.2 Å². The van der Waals surface area contributed by atoms with Gasteiger partial charge < -0.3 is 15.7 Å². The van der Waals surface area contributed by atoms with Crippen LogP contribution < -0.4 is 10.6 Å². The van der Waals surface area contributed by atoms with Crippen LogP contribution in [-0.4, -0.2) is 11.0 Å². The first-order chi connectivity index (χ1) is 11.4. The molecule has 0 aromatic heterocycles. The SMILES string of the molecule is Cc1cc(C)c(N/C=C(/C#N)C(=O)Nc2ccc(O)cc2)c(C)c1. The van der Waals surface area contributed by atoms with E-state index < -0.39 is 5.91 Å². The number of nitrogens with one attached hydrogen (secondary N) is 2. The van der Waals surface area contributed by atoms with Crippen LogP contribution in [0, 0.1) is 32.1 Å². The molecule has 2 aromatic rings. The van der Waals surface area contributed by atoms with Crippen LogP contribution in [-0.2, 0) is 4.79 Å². The lowest BCUT2D eigenvalue weighted by Crippen LogP contribution is -2.14. The number of nitrogens with zero attached hydrogens (tertiary/aromatic N) is 1. The summed E-state index contributed by atoms with van der Waals surface area (Å²) in [5, 5.41) is 24.1. The largest absolute Gasteiger partial charge is 0.508 e. The quantitative estimate of drug-likeness (QED) is 0.454. The molecule has 5 heteroatoms. The summed E-state index contributed by atoms with van der Waals surface area (Å²) in [6.07, 6.45) is 1.40. The number of carbonyl (C=O) groups excluding carboxylic acids is 1. The van der Waals surface area contributed by atoms with Gasteiger partial charge in [-0.15, -0.1) is 0 Å². The minimum absolute atomic E-state index is 0.0394. The number of nitriles is 1. The molecule has 0 saturated carbocycles. The van der Waals surface area contributed by atoms with Crippen molar-refractivity contribution in [3.05, 3.63) is 64.9 Å². The number of aromatic hydroxyl groups is 1. The Morgan fingerprint density at radius 1 is 1.12 bits per heavy atom. The third kappa shape index (κ3) is 4.14. The Bertz CT molecular complexity index is 808. The van der Waals surface area contributed by atoms with Gasteiger partial charge >= 0.3 is 0 Å². The minimum atomic E-state index is -0.516. The number of aryl methyl sites for hydroxylation is 3. The summed E-state index contributed by atoms with van der Waals surface area (Å²) in [5.74, 6) is -0.408. The van der Waals surface area contributed by atoms with E-state index in [1.165, 1.54) is 18.3 Å². The van der Waals surface area contributed by atoms with Crippen LogP contribution in [0.2, 0.25) is 0 Å². The van der Waals surface area contributed by atoms with Gasteiger partial charge in [-0.2, -0.15) is 5.26 Å². The van der Waals surface area contributed by atoms with Crippen LogP contribution in [0.4, 0.5) is 11.4 Å². The van der Waals surface area contributed by atoms with Crippen molar-refractivity contribution in [2.75, 3.05) is 10.6 Å². The molecule has 0 radical (unpaired) electrons. The highest BCUT2D eigenvalue weighted by atomic mass is 16.3. The lowest BCUT2D eigenvalue weighted by atomic mass is 10.1. The van der Waals surface area contributed by atoms with Crippen LogP contribution in [0.5, 0.6) is 5.75 Å². The van der Waals surface area contributed by atoms with Gasteiger partial charge in [0.25, 0.3) is 5.91 Å². The van der Waals surface area contributed by atoms with Gasteiger partial charge in [0.2, 0.25) is 0 Å². The molecule has 1 amide bonds. The predicted octanol–water partition coefficient (Wildman–Crippen LogP) is 3.78. The van der Waals surface area contributed by atoms with Gasteiger partial charge in [-0.3, -0.25) is 4.79 Å². The van der Waals surface area contributed by atoms with E-state index >= 15 is 0 Å². The first kappa shape index (κ1) is 17.1. The summed E-state index contributed by atoms with van der Waals surface area (Å²) in [6.45, 7) is 5.96. The van der Waals surface area contributed by atoms with Gasteiger partial charge in [0.1, 0.15) is 17.4 Å². The van der Waals surface area contributed by atoms with Crippen molar-refractivity contribution >= 4 is 17.3 Å². The Hall–Kier alpha value is -3.26. The Labute approximate surface area is 141 Å². The molecule has 0 fully saturated rings. The lowest BCUT2D eigenvalue weighted by Gasteiger charge is -2.11. The molecule has 0 unspecified atom stereocenters. The predicted molar refractivity (Wildman–Crippen MR) is 94.7 cm³/mol. The summed E-state index contributed by atoms with van der Waals surface area (Å²) in [4.78, 5) is 12.2. The number of anilines is 2. The van der Waals surface area contributed by atoms with E-state index in [4.69, 9.17) is 0 Å². The molecule has 0 aliphatic rings. The van der Waals surface area contributed by atoms with Crippen molar-refractivity contribution in [1.82, 2.24) is 0 Å². The Balaban J connectivity index is 2.16. The van der Waals surface area contributed by atoms with E-state index in [1.54, 1.807) is 12.1 Å². The van der Waals surface area contributed by atoms with E-state index in [0.29, 0.717) is 5.69 Å². The molecule has 2 rings (SSSR count). The van der Waals surface area contributed by atoms with Crippen molar-refractivity contribution in [1.29, 1.82) is 5.26 Å². The highest BCUT2D eigenvalue weighted by Gasteiger charge is 2.10. The first-order valence-electron chi connectivity index (χ1n) is 7.45. The number of benzene rings is 2.